The first-order chi connectivity index (χ1) is 14.9. The van der Waals surface area contributed by atoms with Crippen LogP contribution in [0.2, 0.25) is 0 Å². The monoisotopic (exact) mass is 439 g/mol. The Hall–Kier alpha value is -2.47. The smallest absolute Gasteiger partial charge is 0.238 e. The van der Waals surface area contributed by atoms with Crippen LogP contribution in [0.4, 0.5) is 17.1 Å². The zero-order valence-electron chi connectivity index (χ0n) is 18.9. The predicted molar refractivity (Wildman–Crippen MR) is 132 cm³/mol. The third kappa shape index (κ3) is 5.62. The molecule has 5 nitrogen and oxygen atoms in total. The van der Waals surface area contributed by atoms with Crippen molar-refractivity contribution in [2.45, 2.75) is 44.9 Å². The van der Waals surface area contributed by atoms with E-state index in [1.165, 1.54) is 0 Å². The molecule has 1 heterocycles. The van der Waals surface area contributed by atoms with Gasteiger partial charge in [0.2, 0.25) is 11.8 Å². The summed E-state index contributed by atoms with van der Waals surface area (Å²) >= 11 is 1.63. The van der Waals surface area contributed by atoms with Crippen LogP contribution >= 0.6 is 11.8 Å². The molecule has 1 fully saturated rings. The summed E-state index contributed by atoms with van der Waals surface area (Å²) in [7, 11) is 4.00. The van der Waals surface area contributed by atoms with Crippen molar-refractivity contribution in [1.82, 2.24) is 0 Å². The summed E-state index contributed by atoms with van der Waals surface area (Å²) in [6.07, 6.45) is 3.96. The molecule has 1 aliphatic heterocycles. The van der Waals surface area contributed by atoms with E-state index in [1.807, 2.05) is 72.4 Å². The molecule has 0 unspecified atom stereocenters. The third-order valence-corrected chi connectivity index (χ3v) is 6.96. The first kappa shape index (κ1) is 23.2. The van der Waals surface area contributed by atoms with Gasteiger partial charge < -0.3 is 10.2 Å². The van der Waals surface area contributed by atoms with E-state index in [0.717, 1.165) is 48.3 Å². The summed E-state index contributed by atoms with van der Waals surface area (Å²) < 4.78 is 0. The summed E-state index contributed by atoms with van der Waals surface area (Å²) in [5, 5.41) is 3.00. The number of hydrogen-bond acceptors (Lipinski definition) is 4. The van der Waals surface area contributed by atoms with Crippen molar-refractivity contribution in [1.29, 1.82) is 0 Å². The quantitative estimate of drug-likeness (QED) is 0.546. The lowest BCUT2D eigenvalue weighted by Gasteiger charge is -2.25. The molecular formula is C25H33N3O2S. The molecule has 166 valence electrons. The Balaban J connectivity index is 1.72. The maximum atomic E-state index is 12.6. The van der Waals surface area contributed by atoms with Crippen molar-refractivity contribution in [3.63, 3.8) is 0 Å². The number of carbonyl (C=O) groups is 2. The van der Waals surface area contributed by atoms with Gasteiger partial charge in [-0.3, -0.25) is 14.5 Å². The van der Waals surface area contributed by atoms with Crippen LogP contribution in [-0.2, 0) is 9.59 Å². The molecule has 6 heteroatoms. The van der Waals surface area contributed by atoms with E-state index in [1.54, 1.807) is 11.8 Å². The SMILES string of the molecule is CCCC[C@@H](CC)C(=O)Nc1ccc([C@@H]2SCC(=O)N2c2ccc(N(C)C)cc2)cc1. The first-order valence-electron chi connectivity index (χ1n) is 11.1. The Morgan fingerprint density at radius 3 is 2.39 bits per heavy atom. The van der Waals surface area contributed by atoms with Gasteiger partial charge in [-0.15, -0.1) is 11.8 Å². The lowest BCUT2D eigenvalue weighted by Crippen LogP contribution is -2.27. The number of nitrogens with one attached hydrogen (secondary N) is 1. The second kappa shape index (κ2) is 10.7. The highest BCUT2D eigenvalue weighted by atomic mass is 32.2. The molecule has 2 aromatic rings. The maximum absolute atomic E-state index is 12.6. The van der Waals surface area contributed by atoms with Crippen molar-refractivity contribution >= 4 is 40.6 Å². The van der Waals surface area contributed by atoms with E-state index in [0.29, 0.717) is 5.75 Å². The third-order valence-electron chi connectivity index (χ3n) is 5.75. The van der Waals surface area contributed by atoms with Gasteiger partial charge in [0.15, 0.2) is 0 Å². The second-order valence-electron chi connectivity index (χ2n) is 8.20. The van der Waals surface area contributed by atoms with Crippen molar-refractivity contribution < 1.29 is 9.59 Å². The summed E-state index contributed by atoms with van der Waals surface area (Å²) in [4.78, 5) is 29.1. The largest absolute Gasteiger partial charge is 0.378 e. The molecule has 0 bridgehead atoms. The van der Waals surface area contributed by atoms with Crippen LogP contribution in [0.25, 0.3) is 0 Å². The minimum absolute atomic E-state index is 0.0586. The molecule has 2 amide bonds. The number of carbonyl (C=O) groups excluding carboxylic acids is 2. The summed E-state index contributed by atoms with van der Waals surface area (Å²) in [5.74, 6) is 0.737. The summed E-state index contributed by atoms with van der Waals surface area (Å²) in [6.45, 7) is 4.21. The number of nitrogens with zero attached hydrogens (tertiary/aromatic N) is 2. The van der Waals surface area contributed by atoms with Crippen LogP contribution in [0.1, 0.15) is 50.5 Å². The zero-order valence-corrected chi connectivity index (χ0v) is 19.7. The lowest BCUT2D eigenvalue weighted by molar-refractivity contribution is -0.120. The highest BCUT2D eigenvalue weighted by Crippen LogP contribution is 2.42. The average Bonchev–Trinajstić information content (AvgIpc) is 3.16. The van der Waals surface area contributed by atoms with E-state index in [4.69, 9.17) is 0 Å². The minimum Gasteiger partial charge on any atom is -0.378 e. The van der Waals surface area contributed by atoms with Gasteiger partial charge in [-0.1, -0.05) is 38.8 Å². The van der Waals surface area contributed by atoms with E-state index in [2.05, 4.69) is 19.2 Å². The number of rotatable bonds is 9. The number of benzene rings is 2. The van der Waals surface area contributed by atoms with Crippen molar-refractivity contribution in [3.8, 4) is 0 Å². The molecule has 0 aromatic heterocycles. The second-order valence-corrected chi connectivity index (χ2v) is 9.27. The van der Waals surface area contributed by atoms with Gasteiger partial charge in [0.05, 0.1) is 5.75 Å². The Bertz CT molecular complexity index is 881. The van der Waals surface area contributed by atoms with Gasteiger partial charge in [-0.05, 0) is 54.8 Å². The molecular weight excluding hydrogens is 406 g/mol. The van der Waals surface area contributed by atoms with Crippen molar-refractivity contribution in [2.75, 3.05) is 35.0 Å². The van der Waals surface area contributed by atoms with Crippen molar-refractivity contribution in [3.05, 3.63) is 54.1 Å². The zero-order chi connectivity index (χ0) is 22.4. The van der Waals surface area contributed by atoms with E-state index >= 15 is 0 Å². The molecule has 1 saturated heterocycles. The average molecular weight is 440 g/mol. The number of thioether (sulfide) groups is 1. The first-order valence-corrected chi connectivity index (χ1v) is 12.1. The van der Waals surface area contributed by atoms with Gasteiger partial charge in [0.25, 0.3) is 0 Å². The van der Waals surface area contributed by atoms with Gasteiger partial charge in [0, 0.05) is 37.1 Å². The van der Waals surface area contributed by atoms with Crippen LogP contribution in [0, 0.1) is 5.92 Å². The number of unbranched alkanes of at least 4 members (excludes halogenated alkanes) is 1. The molecule has 0 saturated carbocycles. The Morgan fingerprint density at radius 2 is 1.81 bits per heavy atom. The van der Waals surface area contributed by atoms with Crippen LogP contribution in [0.5, 0.6) is 0 Å². The van der Waals surface area contributed by atoms with Gasteiger partial charge in [0.1, 0.15) is 5.37 Å². The molecule has 31 heavy (non-hydrogen) atoms. The van der Waals surface area contributed by atoms with Crippen LogP contribution in [-0.4, -0.2) is 31.7 Å². The number of hydrogen-bond donors (Lipinski definition) is 1. The fourth-order valence-electron chi connectivity index (χ4n) is 3.81. The van der Waals surface area contributed by atoms with Gasteiger partial charge >= 0.3 is 0 Å². The molecule has 1 aliphatic rings. The normalized spacial score (nSPS) is 17.0. The Kier molecular flexibility index (Phi) is 8.02. The van der Waals surface area contributed by atoms with E-state index in [9.17, 15) is 9.59 Å². The summed E-state index contributed by atoms with van der Waals surface area (Å²) in [5.41, 5.74) is 3.87. The van der Waals surface area contributed by atoms with Crippen LogP contribution in [0.3, 0.4) is 0 Å². The molecule has 0 spiro atoms. The van der Waals surface area contributed by atoms with Crippen molar-refractivity contribution in [2.24, 2.45) is 5.92 Å². The minimum atomic E-state index is -0.0598. The Morgan fingerprint density at radius 1 is 1.13 bits per heavy atom. The molecule has 2 aromatic carbocycles. The van der Waals surface area contributed by atoms with Crippen LogP contribution < -0.4 is 15.1 Å². The molecule has 3 rings (SSSR count). The lowest BCUT2D eigenvalue weighted by atomic mass is 9.98. The van der Waals surface area contributed by atoms with Gasteiger partial charge in [-0.25, -0.2) is 0 Å². The number of amides is 2. The highest BCUT2D eigenvalue weighted by molar-refractivity contribution is 8.00. The molecule has 2 atom stereocenters. The molecule has 1 N–H and O–H groups in total. The Labute approximate surface area is 190 Å². The molecule has 0 radical (unpaired) electrons. The fourth-order valence-corrected chi connectivity index (χ4v) is 4.99. The maximum Gasteiger partial charge on any atom is 0.238 e. The summed E-state index contributed by atoms with van der Waals surface area (Å²) in [6, 6.07) is 16.0. The topological polar surface area (TPSA) is 52.7 Å². The highest BCUT2D eigenvalue weighted by Gasteiger charge is 2.34. The molecule has 0 aliphatic carbocycles. The predicted octanol–water partition coefficient (Wildman–Crippen LogP) is 5.69. The van der Waals surface area contributed by atoms with Gasteiger partial charge in [-0.2, -0.15) is 0 Å². The van der Waals surface area contributed by atoms with E-state index < -0.39 is 0 Å². The number of anilines is 3. The van der Waals surface area contributed by atoms with Crippen LogP contribution in [0.15, 0.2) is 48.5 Å². The fraction of sp³-hybridized carbons (Fsp3) is 0.440. The van der Waals surface area contributed by atoms with E-state index in [-0.39, 0.29) is 23.1 Å². The standard InChI is InChI=1S/C25H33N3O2S/c1-5-7-8-18(6-2)24(30)26-20-11-9-19(10-12-20)25-28(23(29)17-31-25)22-15-13-21(14-16-22)27(3)4/h9-16,18,25H,5-8,17H2,1-4H3,(H,26,30)/t18-,25+/m1/s1.